The Morgan fingerprint density at radius 3 is 1.88 bits per heavy atom. The summed E-state index contributed by atoms with van der Waals surface area (Å²) in [5, 5.41) is 0. The Bertz CT molecular complexity index is 838. The average molecular weight is 453 g/mol. The van der Waals surface area contributed by atoms with E-state index in [-0.39, 0.29) is 5.56 Å². The van der Waals surface area contributed by atoms with Crippen molar-refractivity contribution in [1.29, 1.82) is 0 Å². The van der Waals surface area contributed by atoms with E-state index < -0.39 is 23.4 Å². The minimum atomic E-state index is -5.05. The van der Waals surface area contributed by atoms with Gasteiger partial charge in [0, 0.05) is 0 Å². The molecule has 2 aromatic carbocycles. The molecule has 3 rings (SSSR count). The smallest absolute Gasteiger partial charge is 0.206 e. The zero-order chi connectivity index (χ0) is 23.3. The summed E-state index contributed by atoms with van der Waals surface area (Å²) in [6, 6.07) is 8.76. The molecule has 0 aliphatic heterocycles. The molecule has 1 atom stereocenters. The molecule has 1 aliphatic carbocycles. The molecule has 5 heteroatoms. The first-order chi connectivity index (χ1) is 15.2. The van der Waals surface area contributed by atoms with E-state index in [1.54, 1.807) is 12.1 Å². The van der Waals surface area contributed by atoms with E-state index in [9.17, 15) is 22.0 Å². The molecule has 0 bridgehead atoms. The Labute approximate surface area is 188 Å². The number of benzene rings is 2. The van der Waals surface area contributed by atoms with E-state index in [0.717, 1.165) is 48.3 Å². The van der Waals surface area contributed by atoms with E-state index in [1.807, 2.05) is 12.1 Å². The molecule has 1 aliphatic rings. The predicted molar refractivity (Wildman–Crippen MR) is 119 cm³/mol. The highest BCUT2D eigenvalue weighted by molar-refractivity contribution is 5.64. The normalized spacial score (nSPS) is 20.3. The van der Waals surface area contributed by atoms with Crippen molar-refractivity contribution in [3.63, 3.8) is 0 Å². The van der Waals surface area contributed by atoms with E-state index in [4.69, 9.17) is 0 Å². The molecule has 0 spiro atoms. The fourth-order valence-corrected chi connectivity index (χ4v) is 4.78. The topological polar surface area (TPSA) is 0 Å². The molecule has 1 fully saturated rings. The Hall–Kier alpha value is -1.91. The minimum absolute atomic E-state index is 0.107. The Morgan fingerprint density at radius 1 is 0.844 bits per heavy atom. The van der Waals surface area contributed by atoms with Crippen LogP contribution in [0.5, 0.6) is 0 Å². The number of halogens is 5. The van der Waals surface area contributed by atoms with E-state index in [0.29, 0.717) is 5.56 Å². The van der Waals surface area contributed by atoms with Crippen molar-refractivity contribution in [3.8, 4) is 11.1 Å². The Morgan fingerprint density at radius 2 is 1.38 bits per heavy atom. The molecule has 0 heterocycles. The van der Waals surface area contributed by atoms with Gasteiger partial charge in [-0.15, -0.1) is 0 Å². The van der Waals surface area contributed by atoms with Crippen LogP contribution in [-0.4, -0.2) is 0 Å². The molecule has 176 valence electrons. The average Bonchev–Trinajstić information content (AvgIpc) is 2.75. The zero-order valence-corrected chi connectivity index (χ0v) is 18.9. The van der Waals surface area contributed by atoms with Crippen LogP contribution in [0.1, 0.15) is 76.3 Å². The summed E-state index contributed by atoms with van der Waals surface area (Å²) < 4.78 is 66.0. The van der Waals surface area contributed by atoms with Crippen molar-refractivity contribution in [1.82, 2.24) is 0 Å². The van der Waals surface area contributed by atoms with Crippen molar-refractivity contribution >= 4 is 0 Å². The molecule has 1 unspecified atom stereocenters. The fraction of sp³-hybridized carbons (Fsp3) is 0.556. The van der Waals surface area contributed by atoms with Crippen LogP contribution in [0.2, 0.25) is 0 Å². The van der Waals surface area contributed by atoms with Crippen molar-refractivity contribution < 1.29 is 22.0 Å². The van der Waals surface area contributed by atoms with Crippen molar-refractivity contribution in [2.24, 2.45) is 17.8 Å². The van der Waals surface area contributed by atoms with Crippen LogP contribution in [-0.2, 0) is 12.6 Å². The summed E-state index contributed by atoms with van der Waals surface area (Å²) in [6.45, 7) is 4.59. The standard InChI is InChI=1S/C27H33F5/c1-3-18(2)4-5-19-6-8-20(9-7-19)10-11-21-12-14-22(15-13-21)23-16-24(28)26(25(29)17-23)27(30,31)32/h12-20H,3-11H2,1-2H3. The molecule has 1 saturated carbocycles. The molecule has 0 N–H and O–H groups in total. The molecule has 0 amide bonds. The van der Waals surface area contributed by atoms with Crippen molar-refractivity contribution in [3.05, 3.63) is 59.2 Å². The quantitative estimate of drug-likeness (QED) is 0.350. The van der Waals surface area contributed by atoms with Gasteiger partial charge in [-0.3, -0.25) is 0 Å². The van der Waals surface area contributed by atoms with Crippen LogP contribution >= 0.6 is 0 Å². The maximum absolute atomic E-state index is 13.9. The summed E-state index contributed by atoms with van der Waals surface area (Å²) in [7, 11) is 0. The van der Waals surface area contributed by atoms with Crippen LogP contribution in [0.3, 0.4) is 0 Å². The van der Waals surface area contributed by atoms with Gasteiger partial charge in [0.25, 0.3) is 0 Å². The summed E-state index contributed by atoms with van der Waals surface area (Å²) in [5.41, 5.74) is -0.0923. The van der Waals surface area contributed by atoms with Crippen LogP contribution < -0.4 is 0 Å². The summed E-state index contributed by atoms with van der Waals surface area (Å²) in [4.78, 5) is 0. The number of alkyl halides is 3. The molecular weight excluding hydrogens is 419 g/mol. The number of hydrogen-bond donors (Lipinski definition) is 0. The lowest BCUT2D eigenvalue weighted by Crippen LogP contribution is -2.15. The van der Waals surface area contributed by atoms with Gasteiger partial charge in [0.15, 0.2) is 0 Å². The number of aryl methyl sites for hydroxylation is 1. The van der Waals surface area contributed by atoms with Crippen LogP contribution in [0.15, 0.2) is 36.4 Å². The van der Waals surface area contributed by atoms with Gasteiger partial charge >= 0.3 is 6.18 Å². The molecule has 0 radical (unpaired) electrons. The fourth-order valence-electron chi connectivity index (χ4n) is 4.78. The number of hydrogen-bond acceptors (Lipinski definition) is 0. The van der Waals surface area contributed by atoms with E-state index >= 15 is 0 Å². The highest BCUT2D eigenvalue weighted by atomic mass is 19.4. The van der Waals surface area contributed by atoms with E-state index in [1.165, 1.54) is 44.9 Å². The van der Waals surface area contributed by atoms with Gasteiger partial charge in [-0.05, 0) is 59.4 Å². The zero-order valence-electron chi connectivity index (χ0n) is 18.9. The molecule has 0 aromatic heterocycles. The second kappa shape index (κ2) is 10.8. The molecular formula is C27H33F5. The van der Waals surface area contributed by atoms with Gasteiger partial charge in [-0.25, -0.2) is 8.78 Å². The first-order valence-corrected chi connectivity index (χ1v) is 11.8. The Balaban J connectivity index is 1.52. The first-order valence-electron chi connectivity index (χ1n) is 11.8. The SMILES string of the molecule is CCC(C)CCC1CCC(CCc2ccc(-c3cc(F)c(C(F)(F)F)c(F)c3)cc2)CC1. The summed E-state index contributed by atoms with van der Waals surface area (Å²) >= 11 is 0. The van der Waals surface area contributed by atoms with Gasteiger partial charge in [0.1, 0.15) is 17.2 Å². The monoisotopic (exact) mass is 452 g/mol. The van der Waals surface area contributed by atoms with Gasteiger partial charge in [0.2, 0.25) is 0 Å². The molecule has 0 saturated heterocycles. The maximum atomic E-state index is 13.9. The lowest BCUT2D eigenvalue weighted by Gasteiger charge is -2.29. The van der Waals surface area contributed by atoms with Crippen molar-refractivity contribution in [2.75, 3.05) is 0 Å². The minimum Gasteiger partial charge on any atom is -0.206 e. The van der Waals surface area contributed by atoms with E-state index in [2.05, 4.69) is 13.8 Å². The second-order valence-corrected chi connectivity index (χ2v) is 9.53. The molecule has 2 aromatic rings. The molecule has 0 nitrogen and oxygen atoms in total. The lowest BCUT2D eigenvalue weighted by molar-refractivity contribution is -0.142. The van der Waals surface area contributed by atoms with Crippen LogP contribution in [0.25, 0.3) is 11.1 Å². The Kier molecular flexibility index (Phi) is 8.35. The number of rotatable bonds is 8. The highest BCUT2D eigenvalue weighted by Gasteiger charge is 2.38. The van der Waals surface area contributed by atoms with Gasteiger partial charge < -0.3 is 0 Å². The van der Waals surface area contributed by atoms with Crippen LogP contribution in [0.4, 0.5) is 22.0 Å². The highest BCUT2D eigenvalue weighted by Crippen LogP contribution is 2.37. The van der Waals surface area contributed by atoms with Gasteiger partial charge in [-0.1, -0.05) is 83.1 Å². The summed E-state index contributed by atoms with van der Waals surface area (Å²) in [5.74, 6) is -0.726. The van der Waals surface area contributed by atoms with Crippen LogP contribution in [0, 0.1) is 29.4 Å². The lowest BCUT2D eigenvalue weighted by atomic mass is 9.77. The third-order valence-electron chi connectivity index (χ3n) is 7.19. The molecule has 32 heavy (non-hydrogen) atoms. The third kappa shape index (κ3) is 6.55. The predicted octanol–water partition coefficient (Wildman–Crippen LogP) is 9.22. The van der Waals surface area contributed by atoms with Crippen molar-refractivity contribution in [2.45, 2.75) is 77.8 Å². The second-order valence-electron chi connectivity index (χ2n) is 9.53. The third-order valence-corrected chi connectivity index (χ3v) is 7.19. The summed E-state index contributed by atoms with van der Waals surface area (Å²) in [6.07, 6.45) is 6.19. The largest absolute Gasteiger partial charge is 0.422 e. The maximum Gasteiger partial charge on any atom is 0.422 e. The van der Waals surface area contributed by atoms with Gasteiger partial charge in [0.05, 0.1) is 0 Å². The first kappa shape index (κ1) is 24.7. The van der Waals surface area contributed by atoms with Gasteiger partial charge in [-0.2, -0.15) is 13.2 Å².